The number of nitrogens with zero attached hydrogens (tertiary/aromatic N) is 3. The molecule has 3 rings (SSSR count). The van der Waals surface area contributed by atoms with Crippen LogP contribution in [-0.4, -0.2) is 34.8 Å². The molecule has 0 aliphatic carbocycles. The molecule has 0 aliphatic heterocycles. The second-order valence-corrected chi connectivity index (χ2v) is 6.28. The lowest BCUT2D eigenvalue weighted by atomic mass is 10.2. The van der Waals surface area contributed by atoms with E-state index < -0.39 is 11.9 Å². The SMILES string of the molecule is CCOC(=O)Cn1c(O)c(N=NC(=O)COc2cccc(C)c2)c2ccccc21. The Morgan fingerprint density at radius 1 is 1.14 bits per heavy atom. The van der Waals surface area contributed by atoms with Crippen molar-refractivity contribution < 1.29 is 24.2 Å². The van der Waals surface area contributed by atoms with E-state index in [4.69, 9.17) is 9.47 Å². The van der Waals surface area contributed by atoms with Crippen LogP contribution in [0.1, 0.15) is 12.5 Å². The normalized spacial score (nSPS) is 11.1. The van der Waals surface area contributed by atoms with E-state index in [1.54, 1.807) is 43.3 Å². The number of benzene rings is 2. The van der Waals surface area contributed by atoms with Crippen molar-refractivity contribution in [3.8, 4) is 11.6 Å². The van der Waals surface area contributed by atoms with Crippen LogP contribution in [0.3, 0.4) is 0 Å². The number of azo groups is 1. The van der Waals surface area contributed by atoms with Gasteiger partial charge in [-0.15, -0.1) is 10.2 Å². The zero-order chi connectivity index (χ0) is 20.8. The molecule has 0 saturated carbocycles. The Bertz CT molecular complexity index is 1070. The van der Waals surface area contributed by atoms with Crippen LogP contribution in [-0.2, 0) is 20.9 Å². The van der Waals surface area contributed by atoms with Crippen molar-refractivity contribution >= 4 is 28.5 Å². The Labute approximate surface area is 167 Å². The highest BCUT2D eigenvalue weighted by atomic mass is 16.5. The minimum atomic E-state index is -0.604. The molecule has 8 heteroatoms. The van der Waals surface area contributed by atoms with Crippen LogP contribution in [0.15, 0.2) is 58.8 Å². The first-order valence-corrected chi connectivity index (χ1v) is 9.09. The summed E-state index contributed by atoms with van der Waals surface area (Å²) < 4.78 is 11.7. The summed E-state index contributed by atoms with van der Waals surface area (Å²) in [7, 11) is 0. The summed E-state index contributed by atoms with van der Waals surface area (Å²) in [6.07, 6.45) is 0. The lowest BCUT2D eigenvalue weighted by molar-refractivity contribution is -0.143. The van der Waals surface area contributed by atoms with E-state index in [2.05, 4.69) is 10.2 Å². The molecule has 0 radical (unpaired) electrons. The summed E-state index contributed by atoms with van der Waals surface area (Å²) in [4.78, 5) is 23.9. The molecule has 8 nitrogen and oxygen atoms in total. The van der Waals surface area contributed by atoms with Crippen LogP contribution in [0.5, 0.6) is 11.6 Å². The predicted octanol–water partition coefficient (Wildman–Crippen LogP) is 3.91. The van der Waals surface area contributed by atoms with Crippen LogP contribution in [0.4, 0.5) is 5.69 Å². The van der Waals surface area contributed by atoms with Crippen molar-refractivity contribution in [2.24, 2.45) is 10.2 Å². The van der Waals surface area contributed by atoms with Crippen molar-refractivity contribution in [3.63, 3.8) is 0 Å². The topological polar surface area (TPSA) is 102 Å². The molecule has 3 aromatic rings. The van der Waals surface area contributed by atoms with Gasteiger partial charge < -0.3 is 14.6 Å². The zero-order valence-electron chi connectivity index (χ0n) is 16.2. The molecule has 0 bridgehead atoms. The lowest BCUT2D eigenvalue weighted by Crippen LogP contribution is -2.12. The maximum atomic E-state index is 12.0. The fourth-order valence-electron chi connectivity index (χ4n) is 2.85. The molecule has 1 amide bonds. The number of ether oxygens (including phenoxy) is 2. The van der Waals surface area contributed by atoms with Crippen LogP contribution in [0, 0.1) is 6.92 Å². The van der Waals surface area contributed by atoms with Crippen molar-refractivity contribution in [2.45, 2.75) is 20.4 Å². The molecule has 1 heterocycles. The summed E-state index contributed by atoms with van der Waals surface area (Å²) >= 11 is 0. The highest BCUT2D eigenvalue weighted by Gasteiger charge is 2.19. The number of hydrogen-bond acceptors (Lipinski definition) is 6. The summed E-state index contributed by atoms with van der Waals surface area (Å²) in [5.74, 6) is -0.805. The average Bonchev–Trinajstić information content (AvgIpc) is 2.96. The van der Waals surface area contributed by atoms with E-state index >= 15 is 0 Å². The van der Waals surface area contributed by atoms with E-state index in [0.717, 1.165) is 5.56 Å². The summed E-state index contributed by atoms with van der Waals surface area (Å²) in [6, 6.07) is 14.3. The highest BCUT2D eigenvalue weighted by Crippen LogP contribution is 2.38. The first-order valence-electron chi connectivity index (χ1n) is 9.09. The number of aromatic nitrogens is 1. The Morgan fingerprint density at radius 2 is 1.93 bits per heavy atom. The maximum absolute atomic E-state index is 12.0. The fraction of sp³-hybridized carbons (Fsp3) is 0.238. The molecular weight excluding hydrogens is 374 g/mol. The molecule has 0 fully saturated rings. The van der Waals surface area contributed by atoms with E-state index in [1.807, 2.05) is 19.1 Å². The number of amides is 1. The first kappa shape index (κ1) is 20.1. The number of para-hydroxylation sites is 1. The number of fused-ring (bicyclic) bond motifs is 1. The van der Waals surface area contributed by atoms with Crippen LogP contribution < -0.4 is 4.74 Å². The minimum Gasteiger partial charge on any atom is -0.493 e. The predicted molar refractivity (Wildman–Crippen MR) is 106 cm³/mol. The molecule has 2 aromatic carbocycles. The number of aryl methyl sites for hydroxylation is 1. The summed E-state index contributed by atoms with van der Waals surface area (Å²) in [5, 5.41) is 18.7. The van der Waals surface area contributed by atoms with Gasteiger partial charge in [0.05, 0.1) is 12.1 Å². The van der Waals surface area contributed by atoms with Gasteiger partial charge in [0, 0.05) is 5.39 Å². The second-order valence-electron chi connectivity index (χ2n) is 6.28. The van der Waals surface area contributed by atoms with Gasteiger partial charge in [0.1, 0.15) is 12.3 Å². The number of esters is 1. The standard InChI is InChI=1S/C21H21N3O5/c1-3-28-19(26)12-24-17-10-5-4-9-16(17)20(21(24)27)23-22-18(25)13-29-15-8-6-7-14(2)11-15/h4-11,27H,3,12-13H2,1-2H3. The summed E-state index contributed by atoms with van der Waals surface area (Å²) in [5.41, 5.74) is 1.69. The quantitative estimate of drug-likeness (QED) is 0.483. The smallest absolute Gasteiger partial charge is 0.326 e. The Kier molecular flexibility index (Phi) is 6.23. The first-order chi connectivity index (χ1) is 14.0. The third-order valence-corrected chi connectivity index (χ3v) is 4.12. The van der Waals surface area contributed by atoms with E-state index in [-0.39, 0.29) is 31.3 Å². The molecule has 150 valence electrons. The molecule has 0 aliphatic rings. The largest absolute Gasteiger partial charge is 0.493 e. The fourth-order valence-corrected chi connectivity index (χ4v) is 2.85. The molecule has 0 atom stereocenters. The minimum absolute atomic E-state index is 0.105. The lowest BCUT2D eigenvalue weighted by Gasteiger charge is -2.06. The van der Waals surface area contributed by atoms with Crippen LogP contribution in [0.25, 0.3) is 10.9 Å². The van der Waals surface area contributed by atoms with E-state index in [9.17, 15) is 14.7 Å². The van der Waals surface area contributed by atoms with Gasteiger partial charge in [-0.1, -0.05) is 30.3 Å². The molecule has 0 spiro atoms. The number of aromatic hydroxyl groups is 1. The molecule has 1 N–H and O–H groups in total. The Morgan fingerprint density at radius 3 is 2.69 bits per heavy atom. The summed E-state index contributed by atoms with van der Waals surface area (Å²) in [6.45, 7) is 3.40. The molecule has 1 aromatic heterocycles. The third kappa shape index (κ3) is 4.78. The maximum Gasteiger partial charge on any atom is 0.326 e. The van der Waals surface area contributed by atoms with Crippen molar-refractivity contribution in [2.75, 3.05) is 13.2 Å². The third-order valence-electron chi connectivity index (χ3n) is 4.12. The molecule has 0 saturated heterocycles. The van der Waals surface area contributed by atoms with Gasteiger partial charge in [-0.3, -0.25) is 14.2 Å². The van der Waals surface area contributed by atoms with Crippen molar-refractivity contribution in [3.05, 3.63) is 54.1 Å². The van der Waals surface area contributed by atoms with E-state index in [0.29, 0.717) is 16.7 Å². The number of rotatable bonds is 7. The Hall–Kier alpha value is -3.68. The zero-order valence-corrected chi connectivity index (χ0v) is 16.2. The molecule has 29 heavy (non-hydrogen) atoms. The molecular formula is C21H21N3O5. The monoisotopic (exact) mass is 395 g/mol. The average molecular weight is 395 g/mol. The highest BCUT2D eigenvalue weighted by molar-refractivity contribution is 5.96. The van der Waals surface area contributed by atoms with Gasteiger partial charge in [0.2, 0.25) is 5.88 Å². The van der Waals surface area contributed by atoms with E-state index in [1.165, 1.54) is 4.57 Å². The van der Waals surface area contributed by atoms with Gasteiger partial charge in [-0.2, -0.15) is 0 Å². The van der Waals surface area contributed by atoms with Crippen molar-refractivity contribution in [1.29, 1.82) is 0 Å². The van der Waals surface area contributed by atoms with Gasteiger partial charge in [0.15, 0.2) is 12.3 Å². The van der Waals surface area contributed by atoms with Gasteiger partial charge in [0.25, 0.3) is 0 Å². The number of carbonyl (C=O) groups excluding carboxylic acids is 2. The Balaban J connectivity index is 1.79. The number of hydrogen-bond donors (Lipinski definition) is 1. The van der Waals surface area contributed by atoms with Gasteiger partial charge in [-0.05, 0) is 37.6 Å². The van der Waals surface area contributed by atoms with Crippen LogP contribution >= 0.6 is 0 Å². The van der Waals surface area contributed by atoms with Crippen molar-refractivity contribution in [1.82, 2.24) is 4.57 Å². The van der Waals surface area contributed by atoms with Gasteiger partial charge in [-0.25, -0.2) is 0 Å². The molecule has 0 unspecified atom stereocenters. The van der Waals surface area contributed by atoms with Gasteiger partial charge >= 0.3 is 11.9 Å². The number of carbonyl (C=O) groups is 2. The van der Waals surface area contributed by atoms with Crippen LogP contribution in [0.2, 0.25) is 0 Å². The second kappa shape index (κ2) is 9.01.